The Bertz CT molecular complexity index is 2310. The quantitative estimate of drug-likeness (QED) is 0.0444. The van der Waals surface area contributed by atoms with Crippen molar-refractivity contribution >= 4 is 57.9 Å². The predicted molar refractivity (Wildman–Crippen MR) is 237 cm³/mol. The van der Waals surface area contributed by atoms with Gasteiger partial charge in [0.2, 0.25) is 11.7 Å². The van der Waals surface area contributed by atoms with Crippen LogP contribution in [0.2, 0.25) is 5.02 Å². The van der Waals surface area contributed by atoms with Gasteiger partial charge in [-0.1, -0.05) is 110 Å². The minimum atomic E-state index is -1.02. The van der Waals surface area contributed by atoms with E-state index in [2.05, 4.69) is 15.3 Å². The lowest BCUT2D eigenvalue weighted by Crippen LogP contribution is -2.52. The maximum Gasteiger partial charge on any atom is 0.408 e. The van der Waals surface area contributed by atoms with Crippen molar-refractivity contribution < 1.29 is 33.1 Å². The van der Waals surface area contributed by atoms with Crippen molar-refractivity contribution in [1.29, 1.82) is 0 Å². The maximum absolute atomic E-state index is 14.8. The zero-order valence-electron chi connectivity index (χ0n) is 34.6. The van der Waals surface area contributed by atoms with E-state index in [0.29, 0.717) is 46.3 Å². The molecule has 1 saturated carbocycles. The Morgan fingerprint density at radius 3 is 2.32 bits per heavy atom. The summed E-state index contributed by atoms with van der Waals surface area (Å²) in [7, 11) is 0. The Morgan fingerprint density at radius 2 is 1.61 bits per heavy atom. The van der Waals surface area contributed by atoms with Gasteiger partial charge in [-0.15, -0.1) is 0 Å². The van der Waals surface area contributed by atoms with Gasteiger partial charge in [-0.05, 0) is 79.0 Å². The predicted octanol–water partition coefficient (Wildman–Crippen LogP) is 7.88. The third-order valence-electron chi connectivity index (χ3n) is 11.7. The number of likely N-dealkylation sites (tertiary alicyclic amines) is 1. The number of fused-ring (bicyclic) bond motifs is 1. The Balaban J connectivity index is 1.16. The molecular formula is C48H53ClN6O7. The second-order valence-corrected chi connectivity index (χ2v) is 16.6. The number of hydrogen-bond acceptors (Lipinski definition) is 9. The van der Waals surface area contributed by atoms with Gasteiger partial charge in [-0.2, -0.15) is 0 Å². The van der Waals surface area contributed by atoms with Crippen LogP contribution in [0.5, 0.6) is 0 Å². The Labute approximate surface area is 366 Å². The van der Waals surface area contributed by atoms with Crippen LogP contribution in [0.25, 0.3) is 11.1 Å². The minimum absolute atomic E-state index is 0.0186. The van der Waals surface area contributed by atoms with Gasteiger partial charge in [0.1, 0.15) is 18.2 Å². The van der Waals surface area contributed by atoms with E-state index < -0.39 is 41.9 Å². The fraction of sp³-hybridized carbons (Fsp3) is 0.375. The number of amides is 2. The standard InChI is InChI=1S/C48H53ClN6O7/c49-38-26-36(52-47(50)51)22-21-34(38)24-35(44(57)45-53-39-18-10-11-19-43(39)62-45)25-42(56)41-27-37(60-29-32-14-6-2-7-15-32)28-55(41)46(58)40(23-20-31-12-4-1-5-13-31)54-48(59)61-30-33-16-8-3-9-17-33/h1,3-5,8-13,16-19,21-22,26,32,35,37,40-41H,2,6-7,14-15,20,23-25,27-30H2,(H,54,59)(H4,50,51,52)/t35-,37-,40-,41+/m1/s1. The van der Waals surface area contributed by atoms with E-state index in [-0.39, 0.29) is 56.5 Å². The molecule has 62 heavy (non-hydrogen) atoms. The van der Waals surface area contributed by atoms with Gasteiger partial charge in [-0.25, -0.2) is 14.8 Å². The number of nitrogens with zero attached hydrogens (tertiary/aromatic N) is 3. The lowest BCUT2D eigenvalue weighted by Gasteiger charge is -2.29. The lowest BCUT2D eigenvalue weighted by molar-refractivity contribution is -0.139. The minimum Gasteiger partial charge on any atom is -0.445 e. The number of guanidine groups is 1. The normalized spacial score (nSPS) is 17.6. The molecule has 5 N–H and O–H groups in total. The number of aliphatic imine (C=N–C) groups is 1. The Kier molecular flexibility index (Phi) is 15.0. The van der Waals surface area contributed by atoms with Gasteiger partial charge in [0.05, 0.1) is 17.8 Å². The highest BCUT2D eigenvalue weighted by molar-refractivity contribution is 6.31. The maximum atomic E-state index is 14.8. The van der Waals surface area contributed by atoms with E-state index in [1.165, 1.54) is 11.3 Å². The number of carbonyl (C=O) groups excluding carboxylic acids is 4. The summed E-state index contributed by atoms with van der Waals surface area (Å²) < 4.78 is 18.0. The van der Waals surface area contributed by atoms with Gasteiger partial charge in [0, 0.05) is 36.9 Å². The second kappa shape index (κ2) is 21.2. The van der Waals surface area contributed by atoms with Crippen LogP contribution in [0.4, 0.5) is 10.5 Å². The molecule has 2 aliphatic rings. The van der Waals surface area contributed by atoms with Crippen molar-refractivity contribution in [2.75, 3.05) is 13.2 Å². The third-order valence-corrected chi connectivity index (χ3v) is 12.0. The van der Waals surface area contributed by atoms with Crippen LogP contribution in [-0.4, -0.2) is 70.7 Å². The summed E-state index contributed by atoms with van der Waals surface area (Å²) in [6, 6.07) is 29.0. The van der Waals surface area contributed by atoms with Crippen molar-refractivity contribution in [3.05, 3.63) is 131 Å². The average molecular weight is 861 g/mol. The number of alkyl carbamates (subject to hydrolysis) is 1. The number of nitrogens with two attached hydrogens (primary N) is 2. The molecule has 2 amide bonds. The summed E-state index contributed by atoms with van der Waals surface area (Å²) in [5.74, 6) is -2.09. The van der Waals surface area contributed by atoms with E-state index in [4.69, 9.17) is 37.0 Å². The number of ether oxygens (including phenoxy) is 2. The molecule has 2 fully saturated rings. The number of halogens is 1. The fourth-order valence-corrected chi connectivity index (χ4v) is 8.64. The largest absolute Gasteiger partial charge is 0.445 e. The highest BCUT2D eigenvalue weighted by Gasteiger charge is 2.44. The summed E-state index contributed by atoms with van der Waals surface area (Å²) in [5, 5.41) is 3.12. The first-order valence-corrected chi connectivity index (χ1v) is 21.7. The molecule has 4 atom stereocenters. The average Bonchev–Trinajstić information content (AvgIpc) is 3.93. The van der Waals surface area contributed by atoms with Crippen LogP contribution in [-0.2, 0) is 38.5 Å². The summed E-state index contributed by atoms with van der Waals surface area (Å²) in [4.78, 5) is 67.4. The molecule has 14 heteroatoms. The van der Waals surface area contributed by atoms with Gasteiger partial charge in [-0.3, -0.25) is 14.4 Å². The number of ketones is 2. The lowest BCUT2D eigenvalue weighted by atomic mass is 9.88. The highest BCUT2D eigenvalue weighted by Crippen LogP contribution is 2.32. The van der Waals surface area contributed by atoms with Gasteiger partial charge in [0.15, 0.2) is 17.3 Å². The molecule has 0 spiro atoms. The van der Waals surface area contributed by atoms with Crippen LogP contribution >= 0.6 is 11.6 Å². The molecule has 1 saturated heterocycles. The molecule has 2 heterocycles. The van der Waals surface area contributed by atoms with Crippen LogP contribution in [0.1, 0.15) is 78.7 Å². The van der Waals surface area contributed by atoms with E-state index >= 15 is 0 Å². The number of aryl methyl sites for hydroxylation is 1. The van der Waals surface area contributed by atoms with Crippen LogP contribution < -0.4 is 16.8 Å². The first-order chi connectivity index (χ1) is 30.1. The number of rotatable bonds is 18. The number of nitrogens with one attached hydrogen (secondary N) is 1. The summed E-state index contributed by atoms with van der Waals surface area (Å²) in [5.41, 5.74) is 14.9. The fourth-order valence-electron chi connectivity index (χ4n) is 8.39. The number of benzene rings is 4. The zero-order valence-corrected chi connectivity index (χ0v) is 35.4. The smallest absolute Gasteiger partial charge is 0.408 e. The van der Waals surface area contributed by atoms with Gasteiger partial charge >= 0.3 is 6.09 Å². The van der Waals surface area contributed by atoms with E-state index in [0.717, 1.165) is 36.8 Å². The molecule has 1 aliphatic carbocycles. The molecule has 7 rings (SSSR count). The molecule has 4 aromatic carbocycles. The molecule has 5 aromatic rings. The molecular weight excluding hydrogens is 808 g/mol. The van der Waals surface area contributed by atoms with Gasteiger partial charge < -0.3 is 35.6 Å². The number of oxazole rings is 1. The van der Waals surface area contributed by atoms with E-state index in [9.17, 15) is 19.2 Å². The molecule has 0 unspecified atom stereocenters. The highest BCUT2D eigenvalue weighted by atomic mass is 35.5. The summed E-state index contributed by atoms with van der Waals surface area (Å²) >= 11 is 6.73. The van der Waals surface area contributed by atoms with Crippen molar-refractivity contribution in [2.24, 2.45) is 28.3 Å². The number of para-hydroxylation sites is 2. The molecule has 0 bridgehead atoms. The summed E-state index contributed by atoms with van der Waals surface area (Å²) in [6.45, 7) is 0.694. The number of hydrogen-bond donors (Lipinski definition) is 3. The first-order valence-electron chi connectivity index (χ1n) is 21.3. The second-order valence-electron chi connectivity index (χ2n) is 16.2. The summed E-state index contributed by atoms with van der Waals surface area (Å²) in [6.07, 6.45) is 5.24. The zero-order chi connectivity index (χ0) is 43.4. The molecule has 0 radical (unpaired) electrons. The molecule has 324 valence electrons. The molecule has 1 aliphatic heterocycles. The van der Waals surface area contributed by atoms with Crippen molar-refractivity contribution in [3.63, 3.8) is 0 Å². The van der Waals surface area contributed by atoms with Crippen molar-refractivity contribution in [1.82, 2.24) is 15.2 Å². The van der Waals surface area contributed by atoms with Gasteiger partial charge in [0.25, 0.3) is 5.89 Å². The number of carbonyl (C=O) groups is 4. The SMILES string of the molecule is NC(N)=Nc1ccc(C[C@H](CC(=O)[C@@H]2C[C@@H](OCC3CCCCC3)CN2C(=O)[C@@H](CCc2ccccc2)NC(=O)OCc2ccccc2)C(=O)c2nc3ccccc3o2)c(Cl)c1. The topological polar surface area (TPSA) is 192 Å². The van der Waals surface area contributed by atoms with Crippen molar-refractivity contribution in [2.45, 2.75) is 89.0 Å². The first kappa shape index (κ1) is 44.0. The van der Waals surface area contributed by atoms with E-state index in [1.807, 2.05) is 60.7 Å². The van der Waals surface area contributed by atoms with Crippen LogP contribution in [0, 0.1) is 11.8 Å². The third kappa shape index (κ3) is 11.9. The van der Waals surface area contributed by atoms with Crippen LogP contribution in [0.15, 0.2) is 113 Å². The van der Waals surface area contributed by atoms with E-state index in [1.54, 1.807) is 42.5 Å². The number of Topliss-reactive ketones (excluding diaryl/α,β-unsaturated/α-hetero) is 2. The Hall–Kier alpha value is -6.05. The molecule has 1 aromatic heterocycles. The monoisotopic (exact) mass is 860 g/mol. The molecule has 13 nitrogen and oxygen atoms in total. The van der Waals surface area contributed by atoms with Crippen molar-refractivity contribution in [3.8, 4) is 0 Å². The Morgan fingerprint density at radius 1 is 0.903 bits per heavy atom. The number of aromatic nitrogens is 1. The van der Waals surface area contributed by atoms with Crippen LogP contribution in [0.3, 0.4) is 0 Å².